The van der Waals surface area contributed by atoms with Gasteiger partial charge >= 0.3 is 0 Å². The molecular weight excluding hydrogens is 294 g/mol. The van der Waals surface area contributed by atoms with Gasteiger partial charge in [0.05, 0.1) is 3.79 Å². The molecule has 17 heavy (non-hydrogen) atoms. The standard InChI is InChI=1S/C14H16BrNS/c1-10(12-6-4-3-5-7-12)16-11(2)13-8-9-14(15)17-13/h3-11,16H,1-2H3/t10-,11?/m1/s1. The molecule has 0 aliphatic rings. The maximum absolute atomic E-state index is 3.62. The summed E-state index contributed by atoms with van der Waals surface area (Å²) in [5.41, 5.74) is 1.33. The largest absolute Gasteiger partial charge is 0.303 e. The summed E-state index contributed by atoms with van der Waals surface area (Å²) in [7, 11) is 0. The molecule has 2 rings (SSSR count). The van der Waals surface area contributed by atoms with Gasteiger partial charge in [-0.05, 0) is 47.5 Å². The van der Waals surface area contributed by atoms with Crippen LogP contribution in [-0.4, -0.2) is 0 Å². The molecule has 0 aliphatic heterocycles. The third-order valence-electron chi connectivity index (χ3n) is 2.82. The normalized spacial score (nSPS) is 14.5. The van der Waals surface area contributed by atoms with Crippen molar-refractivity contribution in [2.75, 3.05) is 0 Å². The first kappa shape index (κ1) is 12.8. The highest BCUT2D eigenvalue weighted by Gasteiger charge is 2.12. The van der Waals surface area contributed by atoms with Gasteiger partial charge in [0.1, 0.15) is 0 Å². The van der Waals surface area contributed by atoms with E-state index in [1.54, 1.807) is 11.3 Å². The Bertz CT molecular complexity index is 466. The van der Waals surface area contributed by atoms with E-state index in [1.807, 2.05) is 0 Å². The molecule has 0 amide bonds. The lowest BCUT2D eigenvalue weighted by Crippen LogP contribution is -2.21. The maximum Gasteiger partial charge on any atom is 0.0701 e. The van der Waals surface area contributed by atoms with Gasteiger partial charge in [0.2, 0.25) is 0 Å². The Morgan fingerprint density at radius 3 is 2.29 bits per heavy atom. The number of benzene rings is 1. The maximum atomic E-state index is 3.62. The molecule has 0 saturated heterocycles. The molecule has 1 aromatic heterocycles. The summed E-state index contributed by atoms with van der Waals surface area (Å²) in [4.78, 5) is 1.36. The van der Waals surface area contributed by atoms with Crippen LogP contribution < -0.4 is 5.32 Å². The van der Waals surface area contributed by atoms with Crippen LogP contribution >= 0.6 is 27.3 Å². The summed E-state index contributed by atoms with van der Waals surface area (Å²) in [5, 5.41) is 3.62. The van der Waals surface area contributed by atoms with E-state index in [-0.39, 0.29) is 0 Å². The molecule has 1 aromatic carbocycles. The van der Waals surface area contributed by atoms with Gasteiger partial charge in [0.15, 0.2) is 0 Å². The highest BCUT2D eigenvalue weighted by atomic mass is 79.9. The minimum absolute atomic E-state index is 0.368. The van der Waals surface area contributed by atoms with Crippen molar-refractivity contribution >= 4 is 27.3 Å². The molecule has 1 unspecified atom stereocenters. The van der Waals surface area contributed by atoms with Crippen molar-refractivity contribution in [3.63, 3.8) is 0 Å². The molecule has 1 N–H and O–H groups in total. The zero-order valence-electron chi connectivity index (χ0n) is 9.98. The van der Waals surface area contributed by atoms with Gasteiger partial charge in [-0.1, -0.05) is 30.3 Å². The van der Waals surface area contributed by atoms with Crippen molar-refractivity contribution in [1.82, 2.24) is 5.32 Å². The van der Waals surface area contributed by atoms with Crippen molar-refractivity contribution in [2.24, 2.45) is 0 Å². The molecule has 2 aromatic rings. The van der Waals surface area contributed by atoms with Crippen LogP contribution in [0.25, 0.3) is 0 Å². The van der Waals surface area contributed by atoms with Crippen LogP contribution in [0.2, 0.25) is 0 Å². The minimum atomic E-state index is 0.368. The Kier molecular flexibility index (Phi) is 4.37. The molecule has 0 bridgehead atoms. The predicted molar refractivity (Wildman–Crippen MR) is 78.4 cm³/mol. The number of hydrogen-bond donors (Lipinski definition) is 1. The number of thiophene rings is 1. The van der Waals surface area contributed by atoms with Crippen molar-refractivity contribution < 1.29 is 0 Å². The van der Waals surface area contributed by atoms with Gasteiger partial charge in [0.25, 0.3) is 0 Å². The fraction of sp³-hybridized carbons (Fsp3) is 0.286. The molecule has 1 nitrogen and oxygen atoms in total. The van der Waals surface area contributed by atoms with E-state index in [1.165, 1.54) is 14.2 Å². The summed E-state index contributed by atoms with van der Waals surface area (Å²) >= 11 is 5.29. The topological polar surface area (TPSA) is 12.0 Å². The molecule has 0 fully saturated rings. The van der Waals surface area contributed by atoms with Crippen LogP contribution in [0.15, 0.2) is 46.3 Å². The summed E-state index contributed by atoms with van der Waals surface area (Å²) in [6.45, 7) is 4.41. The third kappa shape index (κ3) is 3.41. The van der Waals surface area contributed by atoms with E-state index in [9.17, 15) is 0 Å². The van der Waals surface area contributed by atoms with E-state index in [4.69, 9.17) is 0 Å². The van der Waals surface area contributed by atoms with E-state index in [0.717, 1.165) is 0 Å². The van der Waals surface area contributed by atoms with Crippen molar-refractivity contribution in [1.29, 1.82) is 0 Å². The molecule has 2 atom stereocenters. The Hall–Kier alpha value is -0.640. The Morgan fingerprint density at radius 1 is 1.00 bits per heavy atom. The van der Waals surface area contributed by atoms with E-state index in [0.29, 0.717) is 12.1 Å². The molecule has 3 heteroatoms. The van der Waals surface area contributed by atoms with Gasteiger partial charge < -0.3 is 5.32 Å². The lowest BCUT2D eigenvalue weighted by Gasteiger charge is -2.19. The predicted octanol–water partition coefficient (Wildman–Crippen LogP) is 4.92. The third-order valence-corrected chi connectivity index (χ3v) is 4.63. The average molecular weight is 310 g/mol. The second-order valence-corrected chi connectivity index (χ2v) is 6.66. The highest BCUT2D eigenvalue weighted by Crippen LogP contribution is 2.28. The van der Waals surface area contributed by atoms with Crippen molar-refractivity contribution in [2.45, 2.75) is 25.9 Å². The quantitative estimate of drug-likeness (QED) is 0.845. The summed E-state index contributed by atoms with van der Waals surface area (Å²) in [6, 6.07) is 15.6. The Labute approximate surface area is 115 Å². The Balaban J connectivity index is 2.02. The molecule has 90 valence electrons. The van der Waals surface area contributed by atoms with Crippen LogP contribution in [0.1, 0.15) is 36.4 Å². The van der Waals surface area contributed by atoms with Gasteiger partial charge in [0, 0.05) is 17.0 Å². The van der Waals surface area contributed by atoms with E-state index >= 15 is 0 Å². The van der Waals surface area contributed by atoms with Gasteiger partial charge in [-0.25, -0.2) is 0 Å². The van der Waals surface area contributed by atoms with Crippen LogP contribution in [0.3, 0.4) is 0 Å². The van der Waals surface area contributed by atoms with Gasteiger partial charge in [-0.15, -0.1) is 11.3 Å². The second-order valence-electron chi connectivity index (χ2n) is 4.16. The SMILES string of the molecule is CC(N[C@H](C)c1ccccc1)c1ccc(Br)s1. The number of rotatable bonds is 4. The zero-order valence-corrected chi connectivity index (χ0v) is 12.4. The van der Waals surface area contributed by atoms with Crippen LogP contribution in [0, 0.1) is 0 Å². The highest BCUT2D eigenvalue weighted by molar-refractivity contribution is 9.11. The van der Waals surface area contributed by atoms with Crippen LogP contribution in [0.4, 0.5) is 0 Å². The monoisotopic (exact) mass is 309 g/mol. The van der Waals surface area contributed by atoms with Gasteiger partial charge in [-0.3, -0.25) is 0 Å². The average Bonchev–Trinajstić information content (AvgIpc) is 2.77. The first-order chi connectivity index (χ1) is 8.16. The van der Waals surface area contributed by atoms with Crippen molar-refractivity contribution in [3.8, 4) is 0 Å². The molecule has 1 heterocycles. The number of nitrogens with one attached hydrogen (secondary N) is 1. The molecular formula is C14H16BrNS. The zero-order chi connectivity index (χ0) is 12.3. The molecule has 0 aliphatic carbocycles. The summed E-state index contributed by atoms with van der Waals surface area (Å²) in [5.74, 6) is 0. The molecule has 0 spiro atoms. The molecule has 0 radical (unpaired) electrons. The smallest absolute Gasteiger partial charge is 0.0701 e. The second kappa shape index (κ2) is 5.80. The lowest BCUT2D eigenvalue weighted by molar-refractivity contribution is 0.500. The van der Waals surface area contributed by atoms with E-state index < -0.39 is 0 Å². The molecule has 0 saturated carbocycles. The number of halogens is 1. The van der Waals surface area contributed by atoms with Crippen LogP contribution in [-0.2, 0) is 0 Å². The fourth-order valence-electron chi connectivity index (χ4n) is 1.86. The lowest BCUT2D eigenvalue weighted by atomic mass is 10.1. The summed E-state index contributed by atoms with van der Waals surface area (Å²) in [6.07, 6.45) is 0. The number of hydrogen-bond acceptors (Lipinski definition) is 2. The van der Waals surface area contributed by atoms with Crippen LogP contribution in [0.5, 0.6) is 0 Å². The first-order valence-corrected chi connectivity index (χ1v) is 7.34. The summed E-state index contributed by atoms with van der Waals surface area (Å²) < 4.78 is 1.19. The first-order valence-electron chi connectivity index (χ1n) is 5.73. The Morgan fingerprint density at radius 2 is 1.71 bits per heavy atom. The minimum Gasteiger partial charge on any atom is -0.303 e. The van der Waals surface area contributed by atoms with Crippen molar-refractivity contribution in [3.05, 3.63) is 56.7 Å². The van der Waals surface area contributed by atoms with E-state index in [2.05, 4.69) is 77.6 Å². The fourth-order valence-corrected chi connectivity index (χ4v) is 3.29. The van der Waals surface area contributed by atoms with Gasteiger partial charge in [-0.2, -0.15) is 0 Å².